The minimum atomic E-state index is -5.20. The summed E-state index contributed by atoms with van der Waals surface area (Å²) in [6, 6.07) is 0. The molecule has 0 N–H and O–H groups in total. The fraction of sp³-hybridized carbons (Fsp3) is 1.00. The van der Waals surface area contributed by atoms with E-state index in [0.717, 1.165) is 0 Å². The van der Waals surface area contributed by atoms with Gasteiger partial charge in [-0.2, -0.15) is 26.3 Å². The number of hydrogen-bond acceptors (Lipinski definition) is 0. The minimum Gasteiger partial charge on any atom is -0.170 e. The number of alkyl halides is 6. The smallest absolute Gasteiger partial charge is 0.170 e. The van der Waals surface area contributed by atoms with Gasteiger partial charge >= 0.3 is 12.4 Å². The van der Waals surface area contributed by atoms with Crippen LogP contribution >= 0.6 is 0 Å². The molecule has 0 amide bonds. The van der Waals surface area contributed by atoms with E-state index in [2.05, 4.69) is 0 Å². The Morgan fingerprint density at radius 2 is 1.24 bits per heavy atom. The first kappa shape index (κ1) is 14.8. The van der Waals surface area contributed by atoms with Crippen LogP contribution in [0.5, 0.6) is 0 Å². The molecule has 0 unspecified atom stereocenters. The first-order chi connectivity index (χ1) is 7.51. The lowest BCUT2D eigenvalue weighted by atomic mass is 9.56. The third-order valence-corrected chi connectivity index (χ3v) is 3.91. The third-order valence-electron chi connectivity index (χ3n) is 3.91. The summed E-state index contributed by atoms with van der Waals surface area (Å²) < 4.78 is 76.2. The lowest BCUT2D eigenvalue weighted by Gasteiger charge is -2.43. The molecule has 98 valence electrons. The van der Waals surface area contributed by atoms with Crippen LogP contribution in [0, 0.1) is 11.3 Å². The Labute approximate surface area is 97.9 Å². The highest BCUT2D eigenvalue weighted by Gasteiger charge is 2.70. The van der Waals surface area contributed by atoms with Crippen molar-refractivity contribution in [2.45, 2.75) is 43.8 Å². The maximum absolute atomic E-state index is 12.7. The number of hydrogen-bond donors (Lipinski definition) is 0. The average molecular weight is 258 g/mol. The molecule has 0 heterocycles. The Morgan fingerprint density at radius 1 is 0.882 bits per heavy atom. The predicted molar refractivity (Wildman–Crippen MR) is 57.3 cm³/mol. The molecular weight excluding hydrogens is 244 g/mol. The lowest BCUT2D eigenvalue weighted by Crippen LogP contribution is -2.52. The average Bonchev–Trinajstić information content (AvgIpc) is 2.14. The fourth-order valence-corrected chi connectivity index (χ4v) is 2.53. The SMILES string of the molecule is BC(B)C1CCC(C(F)(F)F)(C(F)(F)F)CC1. The van der Waals surface area contributed by atoms with Gasteiger partial charge in [0, 0.05) is 0 Å². The van der Waals surface area contributed by atoms with Crippen LogP contribution in [0.3, 0.4) is 0 Å². The molecule has 0 aliphatic heterocycles. The van der Waals surface area contributed by atoms with Gasteiger partial charge in [-0.15, -0.1) is 0 Å². The van der Waals surface area contributed by atoms with E-state index < -0.39 is 30.6 Å². The summed E-state index contributed by atoms with van der Waals surface area (Å²) in [7, 11) is 3.66. The van der Waals surface area contributed by atoms with E-state index in [9.17, 15) is 26.3 Å². The zero-order valence-corrected chi connectivity index (χ0v) is 9.75. The Balaban J connectivity index is 2.92. The third kappa shape index (κ3) is 2.60. The fourth-order valence-electron chi connectivity index (χ4n) is 2.53. The second-order valence-corrected chi connectivity index (χ2v) is 5.16. The van der Waals surface area contributed by atoms with Gasteiger partial charge in [-0.25, -0.2) is 0 Å². The van der Waals surface area contributed by atoms with E-state index in [1.165, 1.54) is 0 Å². The molecule has 17 heavy (non-hydrogen) atoms. The van der Waals surface area contributed by atoms with Crippen LogP contribution in [0.25, 0.3) is 0 Å². The van der Waals surface area contributed by atoms with Crippen LogP contribution in [0.4, 0.5) is 26.3 Å². The summed E-state index contributed by atoms with van der Waals surface area (Å²) in [5.41, 5.74) is -3.35. The molecule has 0 aromatic rings. The molecule has 1 aliphatic carbocycles. The largest absolute Gasteiger partial charge is 0.403 e. The first-order valence-electron chi connectivity index (χ1n) is 5.65. The molecule has 1 rings (SSSR count). The first-order valence-corrected chi connectivity index (χ1v) is 5.65. The monoisotopic (exact) mass is 258 g/mol. The van der Waals surface area contributed by atoms with E-state index in [1.807, 2.05) is 15.7 Å². The Morgan fingerprint density at radius 3 is 1.47 bits per heavy atom. The van der Waals surface area contributed by atoms with E-state index in [0.29, 0.717) is 0 Å². The summed E-state index contributed by atoms with van der Waals surface area (Å²) in [6.45, 7) is 0. The zero-order valence-electron chi connectivity index (χ0n) is 9.75. The van der Waals surface area contributed by atoms with Gasteiger partial charge < -0.3 is 0 Å². The van der Waals surface area contributed by atoms with Gasteiger partial charge in [0.25, 0.3) is 0 Å². The second-order valence-electron chi connectivity index (χ2n) is 5.16. The summed E-state index contributed by atoms with van der Waals surface area (Å²) >= 11 is 0. The Bertz CT molecular complexity index is 246. The standard InChI is InChI=1S/C9H14B2F6/c10-6(11)5-1-3-7(4-2-5,8(12,13)14)9(15,16)17/h5-6H,1-4,10-11H2. The van der Waals surface area contributed by atoms with Crippen molar-refractivity contribution in [3.63, 3.8) is 0 Å². The van der Waals surface area contributed by atoms with Crippen LogP contribution in [-0.2, 0) is 0 Å². The van der Waals surface area contributed by atoms with Crippen LogP contribution in [0.15, 0.2) is 0 Å². The molecule has 1 fully saturated rings. The molecule has 1 aliphatic rings. The van der Waals surface area contributed by atoms with Gasteiger partial charge in [0.15, 0.2) is 5.41 Å². The van der Waals surface area contributed by atoms with Crippen molar-refractivity contribution in [3.05, 3.63) is 0 Å². The Hall–Kier alpha value is -0.290. The predicted octanol–water partition coefficient (Wildman–Crippen LogP) is 2.30. The molecule has 0 radical (unpaired) electrons. The van der Waals surface area contributed by atoms with E-state index in [-0.39, 0.29) is 24.5 Å². The maximum Gasteiger partial charge on any atom is 0.403 e. The van der Waals surface area contributed by atoms with Gasteiger partial charge in [-0.1, -0.05) is 24.5 Å². The van der Waals surface area contributed by atoms with Gasteiger partial charge in [0.05, 0.1) is 15.7 Å². The molecule has 0 bridgehead atoms. The van der Waals surface area contributed by atoms with Crippen LogP contribution in [0.2, 0.25) is 5.72 Å². The number of halogens is 6. The normalized spacial score (nSPS) is 23.0. The molecule has 0 atom stereocenters. The second kappa shape index (κ2) is 4.43. The van der Waals surface area contributed by atoms with Crippen LogP contribution in [-0.4, -0.2) is 28.0 Å². The van der Waals surface area contributed by atoms with E-state index >= 15 is 0 Å². The molecule has 0 aromatic heterocycles. The van der Waals surface area contributed by atoms with Gasteiger partial charge in [-0.05, 0) is 12.8 Å². The zero-order chi connectivity index (χ0) is 13.5. The van der Waals surface area contributed by atoms with Crippen LogP contribution < -0.4 is 0 Å². The molecule has 0 spiro atoms. The van der Waals surface area contributed by atoms with E-state index in [1.54, 1.807) is 0 Å². The van der Waals surface area contributed by atoms with Crippen molar-refractivity contribution in [1.29, 1.82) is 0 Å². The topological polar surface area (TPSA) is 0 Å². The van der Waals surface area contributed by atoms with Crippen molar-refractivity contribution in [1.82, 2.24) is 0 Å². The molecule has 8 heteroatoms. The lowest BCUT2D eigenvalue weighted by molar-refractivity contribution is -0.351. The minimum absolute atomic E-state index is 0.00329. The molecule has 0 saturated heterocycles. The Kier molecular flexibility index (Phi) is 3.85. The van der Waals surface area contributed by atoms with Crippen molar-refractivity contribution < 1.29 is 26.3 Å². The van der Waals surface area contributed by atoms with Crippen LogP contribution in [0.1, 0.15) is 25.7 Å². The molecule has 1 saturated carbocycles. The van der Waals surface area contributed by atoms with Crippen molar-refractivity contribution >= 4 is 15.7 Å². The molecule has 0 aromatic carbocycles. The summed E-state index contributed by atoms with van der Waals surface area (Å²) in [4.78, 5) is 0. The molecule has 0 nitrogen and oxygen atoms in total. The van der Waals surface area contributed by atoms with Gasteiger partial charge in [0.1, 0.15) is 0 Å². The summed E-state index contributed by atoms with van der Waals surface area (Å²) in [5.74, 6) is -0.0344. The van der Waals surface area contributed by atoms with Crippen molar-refractivity contribution in [2.24, 2.45) is 11.3 Å². The number of rotatable bonds is 1. The van der Waals surface area contributed by atoms with E-state index in [4.69, 9.17) is 0 Å². The van der Waals surface area contributed by atoms with Gasteiger partial charge in [0.2, 0.25) is 0 Å². The maximum atomic E-state index is 12.7. The highest BCUT2D eigenvalue weighted by atomic mass is 19.4. The highest BCUT2D eigenvalue weighted by Crippen LogP contribution is 2.59. The van der Waals surface area contributed by atoms with Crippen molar-refractivity contribution in [2.75, 3.05) is 0 Å². The highest BCUT2D eigenvalue weighted by molar-refractivity contribution is 6.35. The summed E-state index contributed by atoms with van der Waals surface area (Å²) in [6.07, 6.45) is -12.1. The molecular formula is C9H14B2F6. The quantitative estimate of drug-likeness (QED) is 0.500. The summed E-state index contributed by atoms with van der Waals surface area (Å²) in [5, 5.41) is 0. The van der Waals surface area contributed by atoms with Crippen molar-refractivity contribution in [3.8, 4) is 0 Å². The van der Waals surface area contributed by atoms with Gasteiger partial charge in [-0.3, -0.25) is 0 Å².